The zero-order chi connectivity index (χ0) is 18.0. The van der Waals surface area contributed by atoms with E-state index < -0.39 is 0 Å². The molecule has 1 saturated heterocycles. The molecule has 7 heteroatoms. The number of aryl methyl sites for hydroxylation is 2. The lowest BCUT2D eigenvalue weighted by atomic mass is 9.94. The lowest BCUT2D eigenvalue weighted by Gasteiger charge is -2.32. The van der Waals surface area contributed by atoms with Crippen LogP contribution in [0.25, 0.3) is 0 Å². The Labute approximate surface area is 148 Å². The van der Waals surface area contributed by atoms with Gasteiger partial charge in [-0.3, -0.25) is 9.89 Å². The van der Waals surface area contributed by atoms with Crippen LogP contribution in [0.15, 0.2) is 10.6 Å². The van der Waals surface area contributed by atoms with Gasteiger partial charge in [0.15, 0.2) is 5.82 Å². The average Bonchev–Trinajstić information content (AvgIpc) is 3.21. The summed E-state index contributed by atoms with van der Waals surface area (Å²) >= 11 is 0. The molecule has 0 saturated carbocycles. The fourth-order valence-electron chi connectivity index (χ4n) is 3.13. The van der Waals surface area contributed by atoms with E-state index in [0.717, 1.165) is 37.3 Å². The minimum Gasteiger partial charge on any atom is -0.342 e. The number of nitrogens with one attached hydrogen (secondary N) is 1. The third-order valence-electron chi connectivity index (χ3n) is 4.61. The predicted octanol–water partition coefficient (Wildman–Crippen LogP) is 2.74. The summed E-state index contributed by atoms with van der Waals surface area (Å²) in [6.07, 6.45) is 2.98. The summed E-state index contributed by atoms with van der Waals surface area (Å²) < 4.78 is 5.28. The SMILES string of the molecule is Cc1cc(C2CCCN(C(=O)CCc3nc(C(C)(C)C)no3)C2)n[nH]1. The van der Waals surface area contributed by atoms with Crippen molar-refractivity contribution in [3.05, 3.63) is 29.2 Å². The lowest BCUT2D eigenvalue weighted by Crippen LogP contribution is -2.39. The van der Waals surface area contributed by atoms with E-state index >= 15 is 0 Å². The highest BCUT2D eigenvalue weighted by atomic mass is 16.5. The Bertz CT molecular complexity index is 728. The summed E-state index contributed by atoms with van der Waals surface area (Å²) in [5, 5.41) is 11.4. The molecule has 1 unspecified atom stereocenters. The van der Waals surface area contributed by atoms with Gasteiger partial charge >= 0.3 is 0 Å². The van der Waals surface area contributed by atoms with Gasteiger partial charge in [-0.05, 0) is 25.8 Å². The molecule has 0 bridgehead atoms. The predicted molar refractivity (Wildman–Crippen MR) is 93.2 cm³/mol. The zero-order valence-corrected chi connectivity index (χ0v) is 15.5. The number of carbonyl (C=O) groups is 1. The molecule has 0 spiro atoms. The first-order valence-corrected chi connectivity index (χ1v) is 8.95. The van der Waals surface area contributed by atoms with E-state index in [1.165, 1.54) is 0 Å². The van der Waals surface area contributed by atoms with Crippen molar-refractivity contribution in [1.29, 1.82) is 0 Å². The van der Waals surface area contributed by atoms with Crippen LogP contribution in [0.3, 0.4) is 0 Å². The van der Waals surface area contributed by atoms with Crippen LogP contribution in [-0.4, -0.2) is 44.2 Å². The number of rotatable bonds is 4. The molecule has 1 aliphatic heterocycles. The van der Waals surface area contributed by atoms with E-state index in [-0.39, 0.29) is 11.3 Å². The summed E-state index contributed by atoms with van der Waals surface area (Å²) in [5.41, 5.74) is 1.97. The van der Waals surface area contributed by atoms with Crippen LogP contribution in [0.2, 0.25) is 0 Å². The first-order valence-electron chi connectivity index (χ1n) is 8.95. The maximum atomic E-state index is 12.6. The van der Waals surface area contributed by atoms with Gasteiger partial charge in [-0.2, -0.15) is 10.1 Å². The van der Waals surface area contributed by atoms with E-state index in [2.05, 4.69) is 26.4 Å². The molecule has 1 N–H and O–H groups in total. The number of aromatic nitrogens is 4. The van der Waals surface area contributed by atoms with Gasteiger partial charge in [-0.15, -0.1) is 0 Å². The van der Waals surface area contributed by atoms with Crippen LogP contribution >= 0.6 is 0 Å². The van der Waals surface area contributed by atoms with Crippen molar-refractivity contribution >= 4 is 5.91 Å². The fourth-order valence-corrected chi connectivity index (χ4v) is 3.13. The zero-order valence-electron chi connectivity index (χ0n) is 15.5. The molecule has 0 aromatic carbocycles. The van der Waals surface area contributed by atoms with Crippen LogP contribution in [0.1, 0.15) is 69.1 Å². The van der Waals surface area contributed by atoms with Crippen LogP contribution in [0.5, 0.6) is 0 Å². The average molecular weight is 345 g/mol. The summed E-state index contributed by atoms with van der Waals surface area (Å²) in [5.74, 6) is 1.68. The summed E-state index contributed by atoms with van der Waals surface area (Å²) in [6.45, 7) is 9.67. The number of carbonyl (C=O) groups excluding carboxylic acids is 1. The molecule has 1 amide bonds. The monoisotopic (exact) mass is 345 g/mol. The molecule has 3 rings (SSSR count). The first-order chi connectivity index (χ1) is 11.8. The molecule has 25 heavy (non-hydrogen) atoms. The highest BCUT2D eigenvalue weighted by molar-refractivity contribution is 5.76. The molecule has 0 radical (unpaired) electrons. The maximum Gasteiger partial charge on any atom is 0.227 e. The number of aromatic amines is 1. The third kappa shape index (κ3) is 4.27. The number of likely N-dealkylation sites (tertiary alicyclic amines) is 1. The van der Waals surface area contributed by atoms with Gasteiger partial charge in [-0.25, -0.2) is 0 Å². The van der Waals surface area contributed by atoms with Crippen LogP contribution in [-0.2, 0) is 16.6 Å². The topological polar surface area (TPSA) is 87.9 Å². The quantitative estimate of drug-likeness (QED) is 0.920. The van der Waals surface area contributed by atoms with Crippen LogP contribution in [0, 0.1) is 6.92 Å². The van der Waals surface area contributed by atoms with Crippen molar-refractivity contribution in [1.82, 2.24) is 25.2 Å². The Kier molecular flexibility index (Phi) is 4.92. The molecule has 1 aliphatic rings. The smallest absolute Gasteiger partial charge is 0.227 e. The third-order valence-corrected chi connectivity index (χ3v) is 4.61. The van der Waals surface area contributed by atoms with Gasteiger partial charge in [0, 0.05) is 43.0 Å². The summed E-state index contributed by atoms with van der Waals surface area (Å²) in [4.78, 5) is 18.9. The van der Waals surface area contributed by atoms with Gasteiger partial charge < -0.3 is 9.42 Å². The largest absolute Gasteiger partial charge is 0.342 e. The lowest BCUT2D eigenvalue weighted by molar-refractivity contribution is -0.132. The summed E-state index contributed by atoms with van der Waals surface area (Å²) in [7, 11) is 0. The fraction of sp³-hybridized carbons (Fsp3) is 0.667. The number of piperidine rings is 1. The van der Waals surface area contributed by atoms with Crippen LogP contribution < -0.4 is 0 Å². The van der Waals surface area contributed by atoms with Crippen molar-refractivity contribution in [2.24, 2.45) is 0 Å². The standard InChI is InChI=1S/C18H27N5O2/c1-12-10-14(21-20-12)13-6-5-9-23(11-13)16(24)8-7-15-19-17(22-25-15)18(2,3)4/h10,13H,5-9,11H2,1-4H3,(H,20,21). The Morgan fingerprint density at radius 2 is 2.24 bits per heavy atom. The highest BCUT2D eigenvalue weighted by Crippen LogP contribution is 2.26. The van der Waals surface area contributed by atoms with E-state index in [9.17, 15) is 4.79 Å². The van der Waals surface area contributed by atoms with Crippen molar-refractivity contribution in [3.8, 4) is 0 Å². The Morgan fingerprint density at radius 3 is 2.88 bits per heavy atom. The molecular weight excluding hydrogens is 318 g/mol. The number of H-pyrrole nitrogens is 1. The highest BCUT2D eigenvalue weighted by Gasteiger charge is 2.27. The first kappa shape index (κ1) is 17.6. The molecule has 7 nitrogen and oxygen atoms in total. The number of hydrogen-bond donors (Lipinski definition) is 1. The van der Waals surface area contributed by atoms with Gasteiger partial charge in [0.05, 0.1) is 5.69 Å². The molecule has 3 heterocycles. The van der Waals surface area contributed by atoms with Crippen molar-refractivity contribution in [3.63, 3.8) is 0 Å². The van der Waals surface area contributed by atoms with E-state index in [1.807, 2.05) is 32.6 Å². The van der Waals surface area contributed by atoms with Gasteiger partial charge in [0.1, 0.15) is 0 Å². The second-order valence-electron chi connectivity index (χ2n) is 7.92. The number of nitrogens with zero attached hydrogens (tertiary/aromatic N) is 4. The van der Waals surface area contributed by atoms with E-state index in [4.69, 9.17) is 4.52 Å². The second-order valence-corrected chi connectivity index (χ2v) is 7.92. The molecule has 2 aromatic heterocycles. The molecule has 1 fully saturated rings. The Morgan fingerprint density at radius 1 is 1.44 bits per heavy atom. The molecule has 0 aliphatic carbocycles. The molecular formula is C18H27N5O2. The van der Waals surface area contributed by atoms with E-state index in [0.29, 0.717) is 30.5 Å². The normalized spacial score (nSPS) is 18.6. The van der Waals surface area contributed by atoms with Crippen molar-refractivity contribution in [2.45, 2.75) is 64.7 Å². The minimum absolute atomic E-state index is 0.145. The number of hydrogen-bond acceptors (Lipinski definition) is 5. The van der Waals surface area contributed by atoms with E-state index in [1.54, 1.807) is 0 Å². The van der Waals surface area contributed by atoms with Gasteiger partial charge in [0.25, 0.3) is 0 Å². The van der Waals surface area contributed by atoms with Gasteiger partial charge in [0.2, 0.25) is 11.8 Å². The molecule has 2 aromatic rings. The van der Waals surface area contributed by atoms with Crippen LogP contribution in [0.4, 0.5) is 0 Å². The van der Waals surface area contributed by atoms with Crippen molar-refractivity contribution < 1.29 is 9.32 Å². The Hall–Kier alpha value is -2.18. The summed E-state index contributed by atoms with van der Waals surface area (Å²) in [6, 6.07) is 2.07. The molecule has 136 valence electrons. The Balaban J connectivity index is 1.55. The molecule has 1 atom stereocenters. The van der Waals surface area contributed by atoms with Crippen molar-refractivity contribution in [2.75, 3.05) is 13.1 Å². The minimum atomic E-state index is -0.145. The second kappa shape index (κ2) is 6.98. The maximum absolute atomic E-state index is 12.6. The van der Waals surface area contributed by atoms with Gasteiger partial charge in [-0.1, -0.05) is 25.9 Å². The number of amides is 1.